The highest BCUT2D eigenvalue weighted by molar-refractivity contribution is 5.67. The third-order valence-corrected chi connectivity index (χ3v) is 5.26. The number of hydrogen-bond donors (Lipinski definition) is 2. The minimum atomic E-state index is -0.443. The zero-order chi connectivity index (χ0) is 19.1. The molecule has 148 valence electrons. The molecule has 1 aliphatic carbocycles. The Morgan fingerprint density at radius 1 is 1.08 bits per heavy atom. The molecule has 0 aromatic rings. The molecular formula is C21H42N2O2. The molecule has 0 saturated heterocycles. The van der Waals surface area contributed by atoms with Gasteiger partial charge in [0.05, 0.1) is 0 Å². The molecule has 1 saturated carbocycles. The van der Waals surface area contributed by atoms with Gasteiger partial charge in [0.2, 0.25) is 0 Å². The summed E-state index contributed by atoms with van der Waals surface area (Å²) in [5.74, 6) is 1.70. The van der Waals surface area contributed by atoms with Crippen LogP contribution in [0.4, 0.5) is 4.79 Å². The Kier molecular flexibility index (Phi) is 8.73. The van der Waals surface area contributed by atoms with Crippen LogP contribution in [-0.2, 0) is 4.74 Å². The van der Waals surface area contributed by atoms with Crippen LogP contribution in [0.15, 0.2) is 0 Å². The number of amides is 1. The van der Waals surface area contributed by atoms with Crippen molar-refractivity contribution in [3.05, 3.63) is 0 Å². The Labute approximate surface area is 155 Å². The van der Waals surface area contributed by atoms with E-state index in [2.05, 4.69) is 38.3 Å². The van der Waals surface area contributed by atoms with Crippen molar-refractivity contribution in [2.45, 2.75) is 86.2 Å². The number of carbonyl (C=O) groups excluding carboxylic acids is 1. The molecular weight excluding hydrogens is 312 g/mol. The predicted octanol–water partition coefficient (Wildman–Crippen LogP) is 4.98. The van der Waals surface area contributed by atoms with Gasteiger partial charge in [-0.15, -0.1) is 0 Å². The molecule has 1 rings (SSSR count). The summed E-state index contributed by atoms with van der Waals surface area (Å²) < 4.78 is 5.34. The summed E-state index contributed by atoms with van der Waals surface area (Å²) in [5, 5.41) is 6.67. The summed E-state index contributed by atoms with van der Waals surface area (Å²) in [4.78, 5) is 11.9. The van der Waals surface area contributed by atoms with Gasteiger partial charge in [-0.05, 0) is 69.7 Å². The van der Waals surface area contributed by atoms with E-state index in [1.807, 2.05) is 20.8 Å². The summed E-state index contributed by atoms with van der Waals surface area (Å²) in [6.45, 7) is 17.5. The Morgan fingerprint density at radius 3 is 2.16 bits per heavy atom. The summed E-state index contributed by atoms with van der Waals surface area (Å²) in [5.41, 5.74) is 0.0512. The highest BCUT2D eigenvalue weighted by Crippen LogP contribution is 2.42. The summed E-state index contributed by atoms with van der Waals surface area (Å²) in [6, 6.07) is 0. The SMILES string of the molecule is CC(C)CC1(CNCC(CNC(=O)OC(C)(C)C)C(C)C)CCCC1. The van der Waals surface area contributed by atoms with Gasteiger partial charge in [0.25, 0.3) is 0 Å². The second kappa shape index (κ2) is 9.80. The number of ether oxygens (including phenoxy) is 1. The number of rotatable bonds is 9. The van der Waals surface area contributed by atoms with E-state index in [4.69, 9.17) is 4.74 Å². The third kappa shape index (κ3) is 8.94. The molecule has 1 aliphatic rings. The molecule has 1 amide bonds. The zero-order valence-electron chi connectivity index (χ0n) is 17.7. The van der Waals surface area contributed by atoms with Crippen LogP contribution in [0.1, 0.15) is 80.6 Å². The molecule has 1 unspecified atom stereocenters. The van der Waals surface area contributed by atoms with E-state index in [1.165, 1.54) is 32.1 Å². The third-order valence-electron chi connectivity index (χ3n) is 5.26. The lowest BCUT2D eigenvalue weighted by atomic mass is 9.78. The fourth-order valence-corrected chi connectivity index (χ4v) is 4.04. The van der Waals surface area contributed by atoms with Gasteiger partial charge in [-0.2, -0.15) is 0 Å². The Bertz CT molecular complexity index is 393. The lowest BCUT2D eigenvalue weighted by molar-refractivity contribution is 0.0514. The van der Waals surface area contributed by atoms with Gasteiger partial charge in [0.15, 0.2) is 0 Å². The van der Waals surface area contributed by atoms with Crippen molar-refractivity contribution in [2.24, 2.45) is 23.2 Å². The zero-order valence-corrected chi connectivity index (χ0v) is 17.7. The van der Waals surface area contributed by atoms with Gasteiger partial charge in [0.1, 0.15) is 5.60 Å². The normalized spacial score (nSPS) is 18.6. The van der Waals surface area contributed by atoms with Crippen LogP contribution in [0.2, 0.25) is 0 Å². The molecule has 0 aromatic heterocycles. The van der Waals surface area contributed by atoms with Crippen molar-refractivity contribution in [1.82, 2.24) is 10.6 Å². The first-order valence-corrected chi connectivity index (χ1v) is 10.2. The van der Waals surface area contributed by atoms with Crippen molar-refractivity contribution >= 4 is 6.09 Å². The van der Waals surface area contributed by atoms with E-state index < -0.39 is 5.60 Å². The first-order valence-electron chi connectivity index (χ1n) is 10.2. The summed E-state index contributed by atoms with van der Waals surface area (Å²) in [6.07, 6.45) is 6.49. The molecule has 0 aliphatic heterocycles. The second-order valence-corrected chi connectivity index (χ2v) is 9.82. The van der Waals surface area contributed by atoms with Gasteiger partial charge < -0.3 is 15.4 Å². The highest BCUT2D eigenvalue weighted by atomic mass is 16.6. The molecule has 1 atom stereocenters. The molecule has 0 bridgehead atoms. The largest absolute Gasteiger partial charge is 0.444 e. The maximum atomic E-state index is 11.9. The van der Waals surface area contributed by atoms with Crippen molar-refractivity contribution in [2.75, 3.05) is 19.6 Å². The lowest BCUT2D eigenvalue weighted by Gasteiger charge is -2.32. The Balaban J connectivity index is 2.43. The van der Waals surface area contributed by atoms with E-state index in [-0.39, 0.29) is 6.09 Å². The number of carbonyl (C=O) groups is 1. The molecule has 0 spiro atoms. The van der Waals surface area contributed by atoms with E-state index in [1.54, 1.807) is 0 Å². The fraction of sp³-hybridized carbons (Fsp3) is 0.952. The van der Waals surface area contributed by atoms with Crippen LogP contribution in [0.25, 0.3) is 0 Å². The smallest absolute Gasteiger partial charge is 0.407 e. The van der Waals surface area contributed by atoms with Gasteiger partial charge in [0, 0.05) is 13.1 Å². The predicted molar refractivity (Wildman–Crippen MR) is 106 cm³/mol. The van der Waals surface area contributed by atoms with Gasteiger partial charge in [-0.1, -0.05) is 40.5 Å². The van der Waals surface area contributed by atoms with Crippen molar-refractivity contribution in [1.29, 1.82) is 0 Å². The average Bonchev–Trinajstić information content (AvgIpc) is 2.88. The Hall–Kier alpha value is -0.770. The summed E-state index contributed by atoms with van der Waals surface area (Å²) in [7, 11) is 0. The van der Waals surface area contributed by atoms with Gasteiger partial charge in [-0.25, -0.2) is 4.79 Å². The minimum Gasteiger partial charge on any atom is -0.444 e. The topological polar surface area (TPSA) is 50.4 Å². The standard InChI is InChI=1S/C21H42N2O2/c1-16(2)12-21(10-8-9-11-21)15-22-13-18(17(3)4)14-23-19(24)25-20(5,6)7/h16-18,22H,8-15H2,1-7H3,(H,23,24). The van der Waals surface area contributed by atoms with Crippen LogP contribution >= 0.6 is 0 Å². The van der Waals surface area contributed by atoms with Crippen LogP contribution in [0.5, 0.6) is 0 Å². The van der Waals surface area contributed by atoms with E-state index in [0.717, 1.165) is 19.0 Å². The number of hydrogen-bond acceptors (Lipinski definition) is 3. The van der Waals surface area contributed by atoms with Crippen LogP contribution in [-0.4, -0.2) is 31.3 Å². The molecule has 1 fully saturated rings. The highest BCUT2D eigenvalue weighted by Gasteiger charge is 2.34. The van der Waals surface area contributed by atoms with Crippen molar-refractivity contribution < 1.29 is 9.53 Å². The molecule has 4 heteroatoms. The van der Waals surface area contributed by atoms with Crippen LogP contribution in [0.3, 0.4) is 0 Å². The quantitative estimate of drug-likeness (QED) is 0.614. The van der Waals surface area contributed by atoms with E-state index in [9.17, 15) is 4.79 Å². The molecule has 0 heterocycles. The number of alkyl carbamates (subject to hydrolysis) is 1. The van der Waals surface area contributed by atoms with Crippen LogP contribution < -0.4 is 10.6 Å². The summed E-state index contributed by atoms with van der Waals surface area (Å²) >= 11 is 0. The van der Waals surface area contributed by atoms with Crippen molar-refractivity contribution in [3.63, 3.8) is 0 Å². The molecule has 4 nitrogen and oxygen atoms in total. The van der Waals surface area contributed by atoms with Crippen LogP contribution in [0, 0.1) is 23.2 Å². The van der Waals surface area contributed by atoms with E-state index in [0.29, 0.717) is 23.8 Å². The maximum Gasteiger partial charge on any atom is 0.407 e. The van der Waals surface area contributed by atoms with Gasteiger partial charge in [-0.3, -0.25) is 0 Å². The lowest BCUT2D eigenvalue weighted by Crippen LogP contribution is -2.42. The number of nitrogens with one attached hydrogen (secondary N) is 2. The average molecular weight is 355 g/mol. The minimum absolute atomic E-state index is 0.315. The monoisotopic (exact) mass is 354 g/mol. The van der Waals surface area contributed by atoms with E-state index >= 15 is 0 Å². The Morgan fingerprint density at radius 2 is 1.68 bits per heavy atom. The molecule has 25 heavy (non-hydrogen) atoms. The maximum absolute atomic E-state index is 11.9. The first kappa shape index (κ1) is 22.3. The fourth-order valence-electron chi connectivity index (χ4n) is 4.04. The van der Waals surface area contributed by atoms with Gasteiger partial charge >= 0.3 is 6.09 Å². The molecule has 2 N–H and O–H groups in total. The molecule has 0 aromatic carbocycles. The first-order chi connectivity index (χ1) is 11.5. The second-order valence-electron chi connectivity index (χ2n) is 9.82. The molecule has 0 radical (unpaired) electrons. The van der Waals surface area contributed by atoms with Crippen molar-refractivity contribution in [3.8, 4) is 0 Å².